The van der Waals surface area contributed by atoms with Gasteiger partial charge in [0.2, 0.25) is 0 Å². The first-order valence-electron chi connectivity index (χ1n) is 8.50. The molecular weight excluding hydrogens is 320 g/mol. The number of hydrogen-bond acceptors (Lipinski definition) is 5. The summed E-state index contributed by atoms with van der Waals surface area (Å²) in [4.78, 5) is 26.3. The fraction of sp³-hybridized carbons (Fsp3) is 0.412. The maximum atomic E-state index is 12.8. The molecule has 1 atom stereocenters. The second-order valence-electron chi connectivity index (χ2n) is 6.14. The van der Waals surface area contributed by atoms with Gasteiger partial charge in [0.1, 0.15) is 11.9 Å². The van der Waals surface area contributed by atoms with Gasteiger partial charge in [-0.2, -0.15) is 5.10 Å². The molecule has 0 unspecified atom stereocenters. The number of amides is 1. The van der Waals surface area contributed by atoms with Crippen molar-refractivity contribution in [1.82, 2.24) is 30.0 Å². The Balaban J connectivity index is 1.50. The monoisotopic (exact) mass is 340 g/mol. The molecule has 25 heavy (non-hydrogen) atoms. The highest BCUT2D eigenvalue weighted by molar-refractivity contribution is 5.97. The lowest BCUT2D eigenvalue weighted by Gasteiger charge is -2.31. The second-order valence-corrected chi connectivity index (χ2v) is 6.14. The minimum absolute atomic E-state index is 0.0193. The molecule has 2 aromatic heterocycles. The fourth-order valence-corrected chi connectivity index (χ4v) is 3.04. The Morgan fingerprint density at radius 1 is 1.44 bits per heavy atom. The standard InChI is InChI=1S/C17H20N6O2/c1-2-3-15-20-16(22-21-15)14-9-23(6-7-25-14)17(24)11-4-5-12-13(8-11)19-10-18-12/h4-5,8,10,14H,2-3,6-7,9H2,1H3,(H,18,19)(H,20,21,22)/t14-/m0/s1. The molecule has 2 N–H and O–H groups in total. The average Bonchev–Trinajstić information content (AvgIpc) is 3.30. The SMILES string of the molecule is CCCc1nc([C@@H]2CN(C(=O)c3ccc4nc[nH]c4c3)CCO2)n[nH]1. The van der Waals surface area contributed by atoms with Gasteiger partial charge in [-0.25, -0.2) is 9.97 Å². The highest BCUT2D eigenvalue weighted by atomic mass is 16.5. The van der Waals surface area contributed by atoms with Crippen LogP contribution in [-0.4, -0.2) is 55.7 Å². The van der Waals surface area contributed by atoms with Crippen LogP contribution in [0.2, 0.25) is 0 Å². The zero-order valence-electron chi connectivity index (χ0n) is 14.0. The normalized spacial score (nSPS) is 18.0. The quantitative estimate of drug-likeness (QED) is 0.755. The number of fused-ring (bicyclic) bond motifs is 1. The van der Waals surface area contributed by atoms with Gasteiger partial charge in [-0.15, -0.1) is 0 Å². The van der Waals surface area contributed by atoms with Gasteiger partial charge in [0, 0.05) is 18.5 Å². The summed E-state index contributed by atoms with van der Waals surface area (Å²) in [5.41, 5.74) is 2.34. The molecule has 0 saturated carbocycles. The van der Waals surface area contributed by atoms with Crippen molar-refractivity contribution in [2.75, 3.05) is 19.7 Å². The number of aryl methyl sites for hydroxylation is 1. The summed E-state index contributed by atoms with van der Waals surface area (Å²) in [6.45, 7) is 3.57. The topological polar surface area (TPSA) is 99.8 Å². The number of ether oxygens (including phenoxy) is 1. The van der Waals surface area contributed by atoms with Crippen LogP contribution in [-0.2, 0) is 11.2 Å². The number of aromatic amines is 2. The van der Waals surface area contributed by atoms with Crippen molar-refractivity contribution in [2.45, 2.75) is 25.9 Å². The van der Waals surface area contributed by atoms with Gasteiger partial charge in [-0.1, -0.05) is 6.92 Å². The van der Waals surface area contributed by atoms with E-state index < -0.39 is 0 Å². The molecule has 0 radical (unpaired) electrons. The number of imidazole rings is 1. The van der Waals surface area contributed by atoms with Crippen LogP contribution in [0, 0.1) is 0 Å². The summed E-state index contributed by atoms with van der Waals surface area (Å²) in [6, 6.07) is 5.49. The Hall–Kier alpha value is -2.74. The van der Waals surface area contributed by atoms with Gasteiger partial charge in [0.15, 0.2) is 5.82 Å². The Morgan fingerprint density at radius 2 is 2.36 bits per heavy atom. The maximum Gasteiger partial charge on any atom is 0.254 e. The van der Waals surface area contributed by atoms with E-state index in [1.807, 2.05) is 18.2 Å². The molecule has 4 rings (SSSR count). The van der Waals surface area contributed by atoms with Crippen molar-refractivity contribution in [1.29, 1.82) is 0 Å². The van der Waals surface area contributed by atoms with Crippen LogP contribution >= 0.6 is 0 Å². The molecule has 1 amide bonds. The van der Waals surface area contributed by atoms with E-state index in [9.17, 15) is 4.79 Å². The Labute approximate surface area is 144 Å². The minimum Gasteiger partial charge on any atom is -0.366 e. The van der Waals surface area contributed by atoms with Crippen LogP contribution in [0.15, 0.2) is 24.5 Å². The molecule has 8 nitrogen and oxygen atoms in total. The Bertz CT molecular complexity index is 886. The first kappa shape index (κ1) is 15.8. The molecule has 1 aromatic carbocycles. The molecule has 1 fully saturated rings. The highest BCUT2D eigenvalue weighted by Gasteiger charge is 2.28. The molecule has 3 aromatic rings. The molecule has 8 heteroatoms. The van der Waals surface area contributed by atoms with Crippen LogP contribution in [0.3, 0.4) is 0 Å². The van der Waals surface area contributed by atoms with Gasteiger partial charge in [0.05, 0.1) is 30.5 Å². The summed E-state index contributed by atoms with van der Waals surface area (Å²) in [7, 11) is 0. The first-order valence-corrected chi connectivity index (χ1v) is 8.50. The van der Waals surface area contributed by atoms with E-state index in [1.165, 1.54) is 0 Å². The van der Waals surface area contributed by atoms with E-state index in [0.717, 1.165) is 29.7 Å². The summed E-state index contributed by atoms with van der Waals surface area (Å²) >= 11 is 0. The highest BCUT2D eigenvalue weighted by Crippen LogP contribution is 2.22. The molecule has 0 bridgehead atoms. The van der Waals surface area contributed by atoms with Gasteiger partial charge < -0.3 is 14.6 Å². The van der Waals surface area contributed by atoms with E-state index in [4.69, 9.17) is 4.74 Å². The van der Waals surface area contributed by atoms with E-state index >= 15 is 0 Å². The first-order chi connectivity index (χ1) is 12.2. The van der Waals surface area contributed by atoms with Crippen molar-refractivity contribution in [3.05, 3.63) is 41.7 Å². The summed E-state index contributed by atoms with van der Waals surface area (Å²) < 4.78 is 5.77. The Kier molecular flexibility index (Phi) is 4.19. The van der Waals surface area contributed by atoms with Gasteiger partial charge >= 0.3 is 0 Å². The van der Waals surface area contributed by atoms with Crippen molar-refractivity contribution in [3.63, 3.8) is 0 Å². The lowest BCUT2D eigenvalue weighted by molar-refractivity contribution is -0.0266. The van der Waals surface area contributed by atoms with Crippen molar-refractivity contribution >= 4 is 16.9 Å². The lowest BCUT2D eigenvalue weighted by atomic mass is 10.1. The average molecular weight is 340 g/mol. The van der Waals surface area contributed by atoms with Gasteiger partial charge in [0.25, 0.3) is 5.91 Å². The van der Waals surface area contributed by atoms with E-state index in [-0.39, 0.29) is 12.0 Å². The van der Waals surface area contributed by atoms with Crippen molar-refractivity contribution in [3.8, 4) is 0 Å². The predicted octanol–water partition coefficient (Wildman–Crippen LogP) is 1.85. The molecule has 1 aliphatic rings. The third-order valence-electron chi connectivity index (χ3n) is 4.34. The number of rotatable bonds is 4. The van der Waals surface area contributed by atoms with E-state index in [1.54, 1.807) is 11.2 Å². The number of nitrogens with one attached hydrogen (secondary N) is 2. The van der Waals surface area contributed by atoms with Crippen molar-refractivity contribution in [2.24, 2.45) is 0 Å². The predicted molar refractivity (Wildman–Crippen MR) is 91.1 cm³/mol. The lowest BCUT2D eigenvalue weighted by Crippen LogP contribution is -2.42. The zero-order chi connectivity index (χ0) is 17.2. The van der Waals surface area contributed by atoms with E-state index in [2.05, 4.69) is 32.1 Å². The Morgan fingerprint density at radius 3 is 3.24 bits per heavy atom. The fourth-order valence-electron chi connectivity index (χ4n) is 3.04. The third-order valence-corrected chi connectivity index (χ3v) is 4.34. The van der Waals surface area contributed by atoms with Crippen LogP contribution in [0.5, 0.6) is 0 Å². The van der Waals surface area contributed by atoms with Crippen LogP contribution < -0.4 is 0 Å². The molecule has 1 saturated heterocycles. The smallest absolute Gasteiger partial charge is 0.254 e. The van der Waals surface area contributed by atoms with Gasteiger partial charge in [-0.05, 0) is 24.6 Å². The van der Waals surface area contributed by atoms with Gasteiger partial charge in [-0.3, -0.25) is 9.89 Å². The largest absolute Gasteiger partial charge is 0.366 e. The number of hydrogen-bond donors (Lipinski definition) is 2. The third kappa shape index (κ3) is 3.12. The number of carbonyl (C=O) groups excluding carboxylic acids is 1. The van der Waals surface area contributed by atoms with Crippen LogP contribution in [0.1, 0.15) is 41.5 Å². The number of carbonyl (C=O) groups is 1. The molecule has 0 spiro atoms. The molecule has 0 aliphatic carbocycles. The summed E-state index contributed by atoms with van der Waals surface area (Å²) in [5, 5.41) is 7.19. The molecule has 1 aliphatic heterocycles. The van der Waals surface area contributed by atoms with Crippen LogP contribution in [0.4, 0.5) is 0 Å². The van der Waals surface area contributed by atoms with Crippen molar-refractivity contribution < 1.29 is 9.53 Å². The number of morpholine rings is 1. The van der Waals surface area contributed by atoms with E-state index in [0.29, 0.717) is 31.1 Å². The maximum absolute atomic E-state index is 12.8. The molecule has 130 valence electrons. The second kappa shape index (κ2) is 6.64. The summed E-state index contributed by atoms with van der Waals surface area (Å²) in [6.07, 6.45) is 3.18. The van der Waals surface area contributed by atoms with Crippen LogP contribution in [0.25, 0.3) is 11.0 Å². The number of aromatic nitrogens is 5. The molecule has 3 heterocycles. The minimum atomic E-state index is -0.296. The molecular formula is C17H20N6O2. The number of nitrogens with zero attached hydrogens (tertiary/aromatic N) is 4. The number of benzene rings is 1. The zero-order valence-corrected chi connectivity index (χ0v) is 14.0. The summed E-state index contributed by atoms with van der Waals surface area (Å²) in [5.74, 6) is 1.45. The number of H-pyrrole nitrogens is 2.